The van der Waals surface area contributed by atoms with Gasteiger partial charge < -0.3 is 4.90 Å². The Morgan fingerprint density at radius 3 is 2.36 bits per heavy atom. The van der Waals surface area contributed by atoms with Crippen LogP contribution in [0.4, 0.5) is 10.1 Å². The first-order valence-corrected chi connectivity index (χ1v) is 7.57. The smallest absolute Gasteiger partial charge is 0.236 e. The predicted molar refractivity (Wildman–Crippen MR) is 87.7 cm³/mol. The summed E-state index contributed by atoms with van der Waals surface area (Å²) < 4.78 is 14.0. The molecule has 1 amide bonds. The molecule has 0 N–H and O–H groups in total. The van der Waals surface area contributed by atoms with Crippen LogP contribution >= 0.6 is 0 Å². The Kier molecular flexibility index (Phi) is 3.32. The molecule has 0 aromatic heterocycles. The van der Waals surface area contributed by atoms with E-state index >= 15 is 0 Å². The Bertz CT molecular complexity index is 764. The summed E-state index contributed by atoms with van der Waals surface area (Å²) in [4.78, 5) is 14.0. The molecule has 1 aliphatic rings. The number of halogens is 1. The summed E-state index contributed by atoms with van der Waals surface area (Å²) in [6.45, 7) is 5.82. The Labute approximate surface area is 130 Å². The minimum atomic E-state index is -0.500. The van der Waals surface area contributed by atoms with Crippen LogP contribution in [0.5, 0.6) is 0 Å². The number of nitrogens with zero attached hydrogens (tertiary/aromatic N) is 1. The second-order valence-corrected chi connectivity index (χ2v) is 6.38. The maximum absolute atomic E-state index is 14.0. The average Bonchev–Trinajstić information content (AvgIpc) is 2.68. The molecule has 0 unspecified atom stereocenters. The summed E-state index contributed by atoms with van der Waals surface area (Å²) >= 11 is 0. The lowest BCUT2D eigenvalue weighted by molar-refractivity contribution is -0.121. The van der Waals surface area contributed by atoms with Crippen LogP contribution in [0, 0.1) is 5.82 Å². The molecule has 0 fully saturated rings. The minimum absolute atomic E-state index is 0.0900. The number of rotatable bonds is 2. The highest BCUT2D eigenvalue weighted by Gasteiger charge is 2.42. The van der Waals surface area contributed by atoms with E-state index in [4.69, 9.17) is 0 Å². The van der Waals surface area contributed by atoms with E-state index in [0.29, 0.717) is 6.42 Å². The molecule has 3 heteroatoms. The Balaban J connectivity index is 2.09. The Morgan fingerprint density at radius 2 is 1.73 bits per heavy atom. The van der Waals surface area contributed by atoms with Crippen molar-refractivity contribution in [3.63, 3.8) is 0 Å². The SMILES string of the molecule is CCc1ccc(-c2ccc3c(c2)N(C)C(=O)C3(C)C)cc1F. The molecule has 22 heavy (non-hydrogen) atoms. The summed E-state index contributed by atoms with van der Waals surface area (Å²) in [5.41, 5.74) is 3.92. The molecule has 2 nitrogen and oxygen atoms in total. The van der Waals surface area contributed by atoms with E-state index in [0.717, 1.165) is 27.9 Å². The number of benzene rings is 2. The van der Waals surface area contributed by atoms with Crippen LogP contribution in [0.1, 0.15) is 31.9 Å². The van der Waals surface area contributed by atoms with E-state index in [1.54, 1.807) is 18.0 Å². The number of likely N-dealkylation sites (N-methyl/N-ethyl adjacent to an activating group) is 1. The fraction of sp³-hybridized carbons (Fsp3) is 0.316. The number of hydrogen-bond acceptors (Lipinski definition) is 1. The lowest BCUT2D eigenvalue weighted by atomic mass is 9.85. The first-order chi connectivity index (χ1) is 10.4. The van der Waals surface area contributed by atoms with Crippen LogP contribution in [-0.2, 0) is 16.6 Å². The predicted octanol–water partition coefficient (Wildman–Crippen LogP) is 4.31. The molecule has 0 spiro atoms. The zero-order valence-electron chi connectivity index (χ0n) is 13.4. The van der Waals surface area contributed by atoms with Crippen molar-refractivity contribution in [2.75, 3.05) is 11.9 Å². The highest BCUT2D eigenvalue weighted by Crippen LogP contribution is 2.42. The molecular formula is C19H20FNO. The van der Waals surface area contributed by atoms with Crippen molar-refractivity contribution >= 4 is 11.6 Å². The van der Waals surface area contributed by atoms with E-state index < -0.39 is 5.41 Å². The van der Waals surface area contributed by atoms with Gasteiger partial charge in [0.05, 0.1) is 5.41 Å². The fourth-order valence-electron chi connectivity index (χ4n) is 3.17. The van der Waals surface area contributed by atoms with Gasteiger partial charge in [0, 0.05) is 12.7 Å². The van der Waals surface area contributed by atoms with Crippen molar-refractivity contribution in [3.8, 4) is 11.1 Å². The van der Waals surface area contributed by atoms with Crippen molar-refractivity contribution in [2.45, 2.75) is 32.6 Å². The maximum atomic E-state index is 14.0. The van der Waals surface area contributed by atoms with Crippen molar-refractivity contribution < 1.29 is 9.18 Å². The summed E-state index contributed by atoms with van der Waals surface area (Å²) in [5, 5.41) is 0. The number of anilines is 1. The van der Waals surface area contributed by atoms with Crippen molar-refractivity contribution in [1.29, 1.82) is 0 Å². The van der Waals surface area contributed by atoms with E-state index in [1.807, 2.05) is 51.1 Å². The van der Waals surface area contributed by atoms with Gasteiger partial charge in [0.25, 0.3) is 0 Å². The molecule has 2 aromatic carbocycles. The topological polar surface area (TPSA) is 20.3 Å². The summed E-state index contributed by atoms with van der Waals surface area (Å²) in [6.07, 6.45) is 0.682. The van der Waals surface area contributed by atoms with Gasteiger partial charge in [-0.05, 0) is 54.7 Å². The number of amides is 1. The summed E-state index contributed by atoms with van der Waals surface area (Å²) in [6, 6.07) is 11.3. The largest absolute Gasteiger partial charge is 0.314 e. The van der Waals surface area contributed by atoms with Crippen LogP contribution in [0.15, 0.2) is 36.4 Å². The number of carbonyl (C=O) groups is 1. The Hall–Kier alpha value is -2.16. The highest BCUT2D eigenvalue weighted by atomic mass is 19.1. The third-order valence-corrected chi connectivity index (χ3v) is 4.64. The van der Waals surface area contributed by atoms with Crippen LogP contribution in [-0.4, -0.2) is 13.0 Å². The molecule has 1 heterocycles. The second-order valence-electron chi connectivity index (χ2n) is 6.38. The average molecular weight is 297 g/mol. The second kappa shape index (κ2) is 4.94. The molecule has 2 aromatic rings. The zero-order valence-corrected chi connectivity index (χ0v) is 13.4. The highest BCUT2D eigenvalue weighted by molar-refractivity contribution is 6.07. The van der Waals surface area contributed by atoms with Crippen LogP contribution < -0.4 is 4.90 Å². The van der Waals surface area contributed by atoms with Gasteiger partial charge in [-0.1, -0.05) is 31.2 Å². The quantitative estimate of drug-likeness (QED) is 0.809. The monoisotopic (exact) mass is 297 g/mol. The summed E-state index contributed by atoms with van der Waals surface area (Å²) in [5.74, 6) is -0.0857. The Morgan fingerprint density at radius 1 is 1.09 bits per heavy atom. The first kappa shape index (κ1) is 14.8. The molecule has 114 valence electrons. The normalized spacial score (nSPS) is 16.0. The zero-order chi connectivity index (χ0) is 16.1. The van der Waals surface area contributed by atoms with Gasteiger partial charge in [-0.2, -0.15) is 0 Å². The fourth-order valence-corrected chi connectivity index (χ4v) is 3.17. The van der Waals surface area contributed by atoms with Crippen molar-refractivity contribution in [3.05, 3.63) is 53.3 Å². The minimum Gasteiger partial charge on any atom is -0.314 e. The lowest BCUT2D eigenvalue weighted by Crippen LogP contribution is -2.33. The van der Waals surface area contributed by atoms with E-state index in [9.17, 15) is 9.18 Å². The van der Waals surface area contributed by atoms with Gasteiger partial charge in [-0.25, -0.2) is 4.39 Å². The number of fused-ring (bicyclic) bond motifs is 1. The maximum Gasteiger partial charge on any atom is 0.236 e. The lowest BCUT2D eigenvalue weighted by Gasteiger charge is -2.16. The molecule has 0 aliphatic carbocycles. The van der Waals surface area contributed by atoms with Gasteiger partial charge in [0.15, 0.2) is 0 Å². The van der Waals surface area contributed by atoms with Crippen molar-refractivity contribution in [2.24, 2.45) is 0 Å². The molecular weight excluding hydrogens is 277 g/mol. The standard InChI is InChI=1S/C19H20FNO/c1-5-12-6-7-13(10-16(12)20)14-8-9-15-17(11-14)21(4)18(22)19(15,2)3/h6-11H,5H2,1-4H3. The van der Waals surface area contributed by atoms with Gasteiger partial charge in [-0.3, -0.25) is 4.79 Å². The number of aryl methyl sites for hydroxylation is 1. The summed E-state index contributed by atoms with van der Waals surface area (Å²) in [7, 11) is 1.79. The van der Waals surface area contributed by atoms with Gasteiger partial charge >= 0.3 is 0 Å². The molecule has 0 saturated heterocycles. The number of hydrogen-bond donors (Lipinski definition) is 0. The van der Waals surface area contributed by atoms with Gasteiger partial charge in [0.1, 0.15) is 5.82 Å². The molecule has 0 saturated carbocycles. The number of carbonyl (C=O) groups excluding carboxylic acids is 1. The molecule has 0 bridgehead atoms. The van der Waals surface area contributed by atoms with E-state index in [2.05, 4.69) is 0 Å². The van der Waals surface area contributed by atoms with Crippen LogP contribution in [0.2, 0.25) is 0 Å². The van der Waals surface area contributed by atoms with Gasteiger partial charge in [0.2, 0.25) is 5.91 Å². The first-order valence-electron chi connectivity index (χ1n) is 7.57. The molecule has 0 radical (unpaired) electrons. The third-order valence-electron chi connectivity index (χ3n) is 4.64. The molecule has 3 rings (SSSR count). The molecule has 0 atom stereocenters. The van der Waals surface area contributed by atoms with Crippen molar-refractivity contribution in [1.82, 2.24) is 0 Å². The molecule has 1 aliphatic heterocycles. The van der Waals surface area contributed by atoms with E-state index in [1.165, 1.54) is 0 Å². The van der Waals surface area contributed by atoms with Gasteiger partial charge in [-0.15, -0.1) is 0 Å². The van der Waals surface area contributed by atoms with Crippen LogP contribution in [0.3, 0.4) is 0 Å². The van der Waals surface area contributed by atoms with Crippen LogP contribution in [0.25, 0.3) is 11.1 Å². The van der Waals surface area contributed by atoms with E-state index in [-0.39, 0.29) is 11.7 Å². The third kappa shape index (κ3) is 2.04.